The first kappa shape index (κ1) is 20.1. The van der Waals surface area contributed by atoms with Crippen molar-refractivity contribution in [3.63, 3.8) is 0 Å². The highest BCUT2D eigenvalue weighted by Gasteiger charge is 2.23. The molecule has 2 unspecified atom stereocenters. The Morgan fingerprint density at radius 3 is 2.79 bits per heavy atom. The van der Waals surface area contributed by atoms with Crippen LogP contribution in [0.25, 0.3) is 12.2 Å². The lowest BCUT2D eigenvalue weighted by Gasteiger charge is -2.29. The highest BCUT2D eigenvalue weighted by molar-refractivity contribution is 7.99. The Morgan fingerprint density at radius 2 is 2.00 bits per heavy atom. The minimum absolute atomic E-state index is 0.0767. The number of aromatic nitrogens is 3. The number of hydrogen-bond acceptors (Lipinski definition) is 5. The summed E-state index contributed by atoms with van der Waals surface area (Å²) in [5, 5.41) is 12.6. The van der Waals surface area contributed by atoms with Crippen LogP contribution in [0.2, 0.25) is 0 Å². The van der Waals surface area contributed by atoms with Gasteiger partial charge in [0, 0.05) is 6.04 Å². The Morgan fingerprint density at radius 1 is 1.21 bits per heavy atom. The molecule has 3 amide bonds. The monoisotopic (exact) mass is 399 g/mol. The first-order chi connectivity index (χ1) is 13.6. The number of amides is 3. The van der Waals surface area contributed by atoms with Crippen LogP contribution in [0.1, 0.15) is 44.0 Å². The predicted octanol–water partition coefficient (Wildman–Crippen LogP) is 3.47. The summed E-state index contributed by atoms with van der Waals surface area (Å²) in [4.78, 5) is 28.3. The summed E-state index contributed by atoms with van der Waals surface area (Å²) in [6, 6.07) is 9.59. The molecule has 0 saturated heterocycles. The van der Waals surface area contributed by atoms with Gasteiger partial charge in [0.15, 0.2) is 0 Å². The molecule has 0 bridgehead atoms. The fourth-order valence-electron chi connectivity index (χ4n) is 3.16. The number of thioether (sulfide) groups is 1. The molecule has 1 saturated carbocycles. The molecule has 2 aromatic rings. The summed E-state index contributed by atoms with van der Waals surface area (Å²) < 4.78 is 0. The van der Waals surface area contributed by atoms with E-state index in [1.165, 1.54) is 18.2 Å². The fraction of sp³-hybridized carbons (Fsp3) is 0.400. The largest absolute Gasteiger partial charge is 0.335 e. The van der Waals surface area contributed by atoms with Gasteiger partial charge >= 0.3 is 6.03 Å². The topological polar surface area (TPSA) is 99.8 Å². The minimum Gasteiger partial charge on any atom is -0.335 e. The molecule has 7 nitrogen and oxygen atoms in total. The van der Waals surface area contributed by atoms with Gasteiger partial charge in [0.05, 0.1) is 5.75 Å². The number of aromatic amines is 1. The van der Waals surface area contributed by atoms with Gasteiger partial charge in [-0.15, -0.1) is 5.10 Å². The predicted molar refractivity (Wildman–Crippen MR) is 111 cm³/mol. The van der Waals surface area contributed by atoms with Crippen LogP contribution in [0, 0.1) is 5.92 Å². The molecule has 148 valence electrons. The van der Waals surface area contributed by atoms with Crippen molar-refractivity contribution in [2.24, 2.45) is 5.92 Å². The second-order valence-electron chi connectivity index (χ2n) is 6.93. The summed E-state index contributed by atoms with van der Waals surface area (Å²) in [6.07, 6.45) is 8.15. The highest BCUT2D eigenvalue weighted by atomic mass is 32.2. The van der Waals surface area contributed by atoms with Gasteiger partial charge in [-0.1, -0.05) is 67.9 Å². The van der Waals surface area contributed by atoms with Gasteiger partial charge in [-0.3, -0.25) is 15.2 Å². The van der Waals surface area contributed by atoms with Gasteiger partial charge < -0.3 is 5.32 Å². The molecule has 0 spiro atoms. The van der Waals surface area contributed by atoms with Crippen LogP contribution >= 0.6 is 11.8 Å². The normalized spacial score (nSPS) is 19.5. The molecular weight excluding hydrogens is 374 g/mol. The molecule has 0 aliphatic heterocycles. The van der Waals surface area contributed by atoms with Crippen molar-refractivity contribution in [3.05, 3.63) is 41.7 Å². The van der Waals surface area contributed by atoms with Gasteiger partial charge in [0.25, 0.3) is 0 Å². The lowest BCUT2D eigenvalue weighted by molar-refractivity contribution is -0.117. The average molecular weight is 400 g/mol. The van der Waals surface area contributed by atoms with Gasteiger partial charge in [0.1, 0.15) is 5.82 Å². The van der Waals surface area contributed by atoms with E-state index in [2.05, 4.69) is 32.7 Å². The van der Waals surface area contributed by atoms with Gasteiger partial charge in [0.2, 0.25) is 11.1 Å². The van der Waals surface area contributed by atoms with Crippen molar-refractivity contribution in [1.82, 2.24) is 25.8 Å². The van der Waals surface area contributed by atoms with E-state index in [-0.39, 0.29) is 17.7 Å². The quantitative estimate of drug-likeness (QED) is 0.646. The fourth-order valence-corrected chi connectivity index (χ4v) is 3.77. The van der Waals surface area contributed by atoms with Crippen molar-refractivity contribution < 1.29 is 9.59 Å². The van der Waals surface area contributed by atoms with Crippen molar-refractivity contribution in [1.29, 1.82) is 0 Å². The first-order valence-corrected chi connectivity index (χ1v) is 10.5. The third kappa shape index (κ3) is 6.23. The number of carbonyl (C=O) groups excluding carboxylic acids is 2. The number of carbonyl (C=O) groups is 2. The molecular formula is C20H25N5O2S. The van der Waals surface area contributed by atoms with E-state index in [0.29, 0.717) is 16.9 Å². The molecule has 1 aromatic carbocycles. The Labute approximate surface area is 168 Å². The Balaban J connectivity index is 1.41. The van der Waals surface area contributed by atoms with E-state index in [1.807, 2.05) is 42.5 Å². The summed E-state index contributed by atoms with van der Waals surface area (Å²) in [5.41, 5.74) is 1.06. The van der Waals surface area contributed by atoms with Gasteiger partial charge in [-0.05, 0) is 30.4 Å². The summed E-state index contributed by atoms with van der Waals surface area (Å²) in [6.45, 7) is 2.13. The maximum Gasteiger partial charge on any atom is 0.321 e. The Bertz CT molecular complexity index is 821. The molecule has 1 aromatic heterocycles. The van der Waals surface area contributed by atoms with Gasteiger partial charge in [-0.25, -0.2) is 9.78 Å². The zero-order chi connectivity index (χ0) is 19.8. The van der Waals surface area contributed by atoms with Crippen LogP contribution in [0.5, 0.6) is 0 Å². The van der Waals surface area contributed by atoms with E-state index in [4.69, 9.17) is 0 Å². The van der Waals surface area contributed by atoms with Crippen LogP contribution in [0.3, 0.4) is 0 Å². The van der Waals surface area contributed by atoms with E-state index >= 15 is 0 Å². The third-order valence-corrected chi connectivity index (χ3v) is 5.58. The molecule has 8 heteroatoms. The number of imide groups is 1. The number of benzene rings is 1. The Hall–Kier alpha value is -2.61. The number of nitrogens with one attached hydrogen (secondary N) is 3. The first-order valence-electron chi connectivity index (χ1n) is 9.49. The molecule has 3 rings (SSSR count). The second-order valence-corrected chi connectivity index (χ2v) is 7.87. The van der Waals surface area contributed by atoms with Crippen LogP contribution in [-0.2, 0) is 4.79 Å². The third-order valence-electron chi connectivity index (χ3n) is 4.73. The standard InChI is InChI=1S/C20H25N5O2S/c1-14-7-5-6-10-16(14)21-19(27)23-18(26)13-28-20-22-17(24-25-20)12-11-15-8-3-2-4-9-15/h2-4,8-9,11-12,14,16H,5-7,10,13H2,1H3,(H,22,24,25)(H2,21,23,26,27)/b12-11+. The van der Waals surface area contributed by atoms with Crippen molar-refractivity contribution in [3.8, 4) is 0 Å². The van der Waals surface area contributed by atoms with E-state index in [1.54, 1.807) is 0 Å². The molecule has 0 radical (unpaired) electrons. The van der Waals surface area contributed by atoms with Crippen molar-refractivity contribution >= 4 is 35.9 Å². The highest BCUT2D eigenvalue weighted by Crippen LogP contribution is 2.23. The molecule has 1 heterocycles. The van der Waals surface area contributed by atoms with Gasteiger partial charge in [-0.2, -0.15) is 0 Å². The molecule has 2 atom stereocenters. The van der Waals surface area contributed by atoms with E-state index in [0.717, 1.165) is 24.8 Å². The maximum absolute atomic E-state index is 12.0. The Kier molecular flexibility index (Phi) is 7.25. The maximum atomic E-state index is 12.0. The number of nitrogens with zero attached hydrogens (tertiary/aromatic N) is 2. The lowest BCUT2D eigenvalue weighted by Crippen LogP contribution is -2.48. The van der Waals surface area contributed by atoms with E-state index < -0.39 is 6.03 Å². The summed E-state index contributed by atoms with van der Waals surface area (Å²) >= 11 is 1.18. The van der Waals surface area contributed by atoms with Crippen molar-refractivity contribution in [2.45, 2.75) is 43.8 Å². The van der Waals surface area contributed by atoms with Crippen LogP contribution in [0.4, 0.5) is 4.79 Å². The SMILES string of the molecule is CC1CCCCC1NC(=O)NC(=O)CSc1n[nH]c(/C=C/c2ccccc2)n1. The smallest absolute Gasteiger partial charge is 0.321 e. The zero-order valence-electron chi connectivity index (χ0n) is 15.9. The molecule has 1 aliphatic carbocycles. The number of urea groups is 1. The van der Waals surface area contributed by atoms with Crippen LogP contribution in [0.15, 0.2) is 35.5 Å². The molecule has 28 heavy (non-hydrogen) atoms. The number of rotatable bonds is 6. The summed E-state index contributed by atoms with van der Waals surface area (Å²) in [5.74, 6) is 0.764. The van der Waals surface area contributed by atoms with Crippen LogP contribution in [-0.4, -0.2) is 38.9 Å². The number of hydrogen-bond donors (Lipinski definition) is 3. The molecule has 3 N–H and O–H groups in total. The number of H-pyrrole nitrogens is 1. The zero-order valence-corrected chi connectivity index (χ0v) is 16.7. The molecule has 1 fully saturated rings. The van der Waals surface area contributed by atoms with E-state index in [9.17, 15) is 9.59 Å². The van der Waals surface area contributed by atoms with Crippen LogP contribution < -0.4 is 10.6 Å². The molecule has 1 aliphatic rings. The lowest BCUT2D eigenvalue weighted by atomic mass is 9.86. The van der Waals surface area contributed by atoms with Crippen molar-refractivity contribution in [2.75, 3.05) is 5.75 Å². The average Bonchev–Trinajstić information content (AvgIpc) is 3.15. The summed E-state index contributed by atoms with van der Waals surface area (Å²) in [7, 11) is 0. The minimum atomic E-state index is -0.425. The second kappa shape index (κ2) is 10.1.